The van der Waals surface area contributed by atoms with Crippen LogP contribution in [-0.4, -0.2) is 23.8 Å². The first kappa shape index (κ1) is 18.0. The molecule has 0 atom stereocenters. The van der Waals surface area contributed by atoms with Crippen molar-refractivity contribution in [3.8, 4) is 0 Å². The van der Waals surface area contributed by atoms with Gasteiger partial charge in [-0.1, -0.05) is 58.8 Å². The fourth-order valence-corrected chi connectivity index (χ4v) is 3.32. The largest absolute Gasteiger partial charge is 0.394 e. The Morgan fingerprint density at radius 1 is 0.950 bits per heavy atom. The monoisotopic (exact) mass is 283 g/mol. The molecule has 2 nitrogen and oxygen atoms in total. The Labute approximate surface area is 126 Å². The normalized spacial score (nSPS) is 26.9. The summed E-state index contributed by atoms with van der Waals surface area (Å²) in [7, 11) is 0. The summed E-state index contributed by atoms with van der Waals surface area (Å²) in [5.74, 6) is 0.847. The van der Waals surface area contributed by atoms with Gasteiger partial charge in [0.2, 0.25) is 0 Å². The first-order valence-corrected chi connectivity index (χ1v) is 9.08. The second-order valence-corrected chi connectivity index (χ2v) is 7.02. The molecular weight excluding hydrogens is 246 g/mol. The lowest BCUT2D eigenvalue weighted by Gasteiger charge is -2.39. The number of aliphatic hydroxyl groups excluding tert-OH is 1. The van der Waals surface area contributed by atoms with Gasteiger partial charge in [0, 0.05) is 5.54 Å². The number of hydrogen-bond acceptors (Lipinski definition) is 2. The Morgan fingerprint density at radius 3 is 2.05 bits per heavy atom. The van der Waals surface area contributed by atoms with Gasteiger partial charge in [-0.3, -0.25) is 0 Å². The quantitative estimate of drug-likeness (QED) is 0.541. The lowest BCUT2D eigenvalue weighted by Crippen LogP contribution is -2.51. The van der Waals surface area contributed by atoms with Crippen molar-refractivity contribution in [1.82, 2.24) is 5.32 Å². The maximum absolute atomic E-state index is 9.69. The third kappa shape index (κ3) is 7.08. The molecule has 1 fully saturated rings. The van der Waals surface area contributed by atoms with Crippen molar-refractivity contribution in [2.75, 3.05) is 13.2 Å². The van der Waals surface area contributed by atoms with Gasteiger partial charge in [0.25, 0.3) is 0 Å². The van der Waals surface area contributed by atoms with E-state index in [0.717, 1.165) is 25.3 Å². The topological polar surface area (TPSA) is 32.3 Å². The molecule has 0 unspecified atom stereocenters. The van der Waals surface area contributed by atoms with Crippen LogP contribution in [0.4, 0.5) is 0 Å². The minimum Gasteiger partial charge on any atom is -0.394 e. The molecule has 0 spiro atoms. The molecule has 0 radical (unpaired) electrons. The average Bonchev–Trinajstić information content (AvgIpc) is 2.48. The minimum absolute atomic E-state index is 0.0492. The molecule has 1 rings (SSSR count). The molecule has 1 aliphatic rings. The second kappa shape index (κ2) is 10.6. The van der Waals surface area contributed by atoms with Crippen molar-refractivity contribution in [3.63, 3.8) is 0 Å². The van der Waals surface area contributed by atoms with Gasteiger partial charge in [0.05, 0.1) is 6.61 Å². The summed E-state index contributed by atoms with van der Waals surface area (Å²) in [5, 5.41) is 13.4. The molecule has 0 heterocycles. The van der Waals surface area contributed by atoms with E-state index in [2.05, 4.69) is 19.2 Å². The molecular formula is C18H37NO. The van der Waals surface area contributed by atoms with Gasteiger partial charge >= 0.3 is 0 Å². The average molecular weight is 284 g/mol. The summed E-state index contributed by atoms with van der Waals surface area (Å²) < 4.78 is 0. The predicted molar refractivity (Wildman–Crippen MR) is 88.1 cm³/mol. The van der Waals surface area contributed by atoms with E-state index in [1.807, 2.05) is 0 Å². The van der Waals surface area contributed by atoms with Crippen LogP contribution in [0.1, 0.15) is 90.9 Å². The standard InChI is InChI=1S/C18H37NO/c1-3-4-5-6-7-8-9-10-15-19-18(16-20)13-11-17(2)12-14-18/h17,19-20H,3-16H2,1-2H3. The van der Waals surface area contributed by atoms with Crippen molar-refractivity contribution >= 4 is 0 Å². The molecule has 1 aliphatic carbocycles. The molecule has 2 heteroatoms. The van der Waals surface area contributed by atoms with Crippen molar-refractivity contribution < 1.29 is 5.11 Å². The maximum Gasteiger partial charge on any atom is 0.0613 e. The van der Waals surface area contributed by atoms with E-state index >= 15 is 0 Å². The Balaban J connectivity index is 1.99. The molecule has 0 saturated heterocycles. The van der Waals surface area contributed by atoms with Crippen LogP contribution in [0.2, 0.25) is 0 Å². The SMILES string of the molecule is CCCCCCCCCCNC1(CO)CCC(C)CC1. The van der Waals surface area contributed by atoms with E-state index in [1.165, 1.54) is 64.2 Å². The first-order chi connectivity index (χ1) is 9.72. The van der Waals surface area contributed by atoms with Gasteiger partial charge in [-0.15, -0.1) is 0 Å². The van der Waals surface area contributed by atoms with Gasteiger partial charge in [0.15, 0.2) is 0 Å². The zero-order valence-electron chi connectivity index (χ0n) is 13.9. The summed E-state index contributed by atoms with van der Waals surface area (Å²) in [6, 6.07) is 0. The van der Waals surface area contributed by atoms with Crippen LogP contribution in [0.25, 0.3) is 0 Å². The zero-order valence-corrected chi connectivity index (χ0v) is 13.9. The number of nitrogens with one attached hydrogen (secondary N) is 1. The third-order valence-electron chi connectivity index (χ3n) is 5.06. The van der Waals surface area contributed by atoms with Crippen LogP contribution in [0.5, 0.6) is 0 Å². The molecule has 0 bridgehead atoms. The van der Waals surface area contributed by atoms with E-state index in [0.29, 0.717) is 6.61 Å². The van der Waals surface area contributed by atoms with E-state index in [9.17, 15) is 5.11 Å². The van der Waals surface area contributed by atoms with E-state index in [4.69, 9.17) is 0 Å². The van der Waals surface area contributed by atoms with Crippen LogP contribution < -0.4 is 5.32 Å². The van der Waals surface area contributed by atoms with Crippen LogP contribution in [-0.2, 0) is 0 Å². The van der Waals surface area contributed by atoms with Crippen LogP contribution >= 0.6 is 0 Å². The van der Waals surface area contributed by atoms with Gasteiger partial charge < -0.3 is 10.4 Å². The summed E-state index contributed by atoms with van der Waals surface area (Å²) in [6.07, 6.45) is 15.8. The predicted octanol–water partition coefficient (Wildman–Crippen LogP) is 4.66. The molecule has 0 amide bonds. The van der Waals surface area contributed by atoms with Crippen molar-refractivity contribution in [2.24, 2.45) is 5.92 Å². The lowest BCUT2D eigenvalue weighted by molar-refractivity contribution is 0.105. The fourth-order valence-electron chi connectivity index (χ4n) is 3.32. The van der Waals surface area contributed by atoms with Crippen molar-refractivity contribution in [3.05, 3.63) is 0 Å². The number of aliphatic hydroxyl groups is 1. The molecule has 20 heavy (non-hydrogen) atoms. The lowest BCUT2D eigenvalue weighted by atomic mass is 9.77. The van der Waals surface area contributed by atoms with Gasteiger partial charge in [-0.25, -0.2) is 0 Å². The van der Waals surface area contributed by atoms with Gasteiger partial charge in [-0.05, 0) is 44.6 Å². The third-order valence-corrected chi connectivity index (χ3v) is 5.06. The number of unbranched alkanes of at least 4 members (excludes halogenated alkanes) is 7. The highest BCUT2D eigenvalue weighted by atomic mass is 16.3. The Hall–Kier alpha value is -0.0800. The highest BCUT2D eigenvalue weighted by Crippen LogP contribution is 2.31. The Morgan fingerprint density at radius 2 is 1.50 bits per heavy atom. The highest BCUT2D eigenvalue weighted by Gasteiger charge is 2.32. The van der Waals surface area contributed by atoms with E-state index < -0.39 is 0 Å². The number of hydrogen-bond donors (Lipinski definition) is 2. The fraction of sp³-hybridized carbons (Fsp3) is 1.00. The van der Waals surface area contributed by atoms with Crippen molar-refractivity contribution in [1.29, 1.82) is 0 Å². The summed E-state index contributed by atoms with van der Waals surface area (Å²) >= 11 is 0. The van der Waals surface area contributed by atoms with Crippen LogP contribution in [0.15, 0.2) is 0 Å². The molecule has 0 aliphatic heterocycles. The second-order valence-electron chi connectivity index (χ2n) is 7.02. The molecule has 0 aromatic rings. The van der Waals surface area contributed by atoms with Gasteiger partial charge in [-0.2, -0.15) is 0 Å². The summed E-state index contributed by atoms with van der Waals surface area (Å²) in [5.41, 5.74) is 0.0492. The van der Waals surface area contributed by atoms with E-state index in [-0.39, 0.29) is 5.54 Å². The minimum atomic E-state index is 0.0492. The highest BCUT2D eigenvalue weighted by molar-refractivity contribution is 4.91. The Kier molecular flexibility index (Phi) is 9.54. The van der Waals surface area contributed by atoms with Crippen LogP contribution in [0.3, 0.4) is 0 Å². The molecule has 120 valence electrons. The van der Waals surface area contributed by atoms with E-state index in [1.54, 1.807) is 0 Å². The smallest absolute Gasteiger partial charge is 0.0613 e. The summed E-state index contributed by atoms with van der Waals surface area (Å²) in [4.78, 5) is 0. The van der Waals surface area contributed by atoms with Crippen LogP contribution in [0, 0.1) is 5.92 Å². The van der Waals surface area contributed by atoms with Gasteiger partial charge in [0.1, 0.15) is 0 Å². The molecule has 0 aromatic carbocycles. The first-order valence-electron chi connectivity index (χ1n) is 9.08. The molecule has 2 N–H and O–H groups in total. The van der Waals surface area contributed by atoms with Crippen molar-refractivity contribution in [2.45, 2.75) is 96.4 Å². The number of rotatable bonds is 11. The maximum atomic E-state index is 9.69. The molecule has 0 aromatic heterocycles. The molecule has 1 saturated carbocycles. The zero-order chi connectivity index (χ0) is 14.7. The Bertz CT molecular complexity index is 221. The summed E-state index contributed by atoms with van der Waals surface area (Å²) in [6.45, 7) is 6.01.